The van der Waals surface area contributed by atoms with Gasteiger partial charge in [-0.2, -0.15) is 5.10 Å². The SMILES string of the molecule is COc1nc(CN2CCN(C(C)=O)CC2)cc2[nH]c(C(NC(=O)c3ccnn3C)C3CCCCCCC3)nc12. The van der Waals surface area contributed by atoms with E-state index in [9.17, 15) is 9.59 Å². The molecule has 1 aliphatic carbocycles. The van der Waals surface area contributed by atoms with Crippen molar-refractivity contribution in [2.45, 2.75) is 64.5 Å². The Bertz CT molecular complexity index is 1290. The zero-order valence-corrected chi connectivity index (χ0v) is 23.3. The van der Waals surface area contributed by atoms with Crippen molar-refractivity contribution in [2.75, 3.05) is 33.3 Å². The molecular weight excluding hydrogens is 496 g/mol. The molecule has 0 radical (unpaired) electrons. The Hall–Kier alpha value is -3.47. The van der Waals surface area contributed by atoms with Crippen molar-refractivity contribution in [2.24, 2.45) is 13.0 Å². The molecule has 3 aromatic heterocycles. The molecule has 11 nitrogen and oxygen atoms in total. The molecule has 5 rings (SSSR count). The monoisotopic (exact) mass is 536 g/mol. The highest BCUT2D eigenvalue weighted by Gasteiger charge is 2.30. The number of nitrogens with zero attached hydrogens (tertiary/aromatic N) is 6. The molecule has 2 aliphatic rings. The number of aromatic nitrogens is 5. The van der Waals surface area contributed by atoms with Crippen LogP contribution in [0.2, 0.25) is 0 Å². The van der Waals surface area contributed by atoms with Gasteiger partial charge in [-0.25, -0.2) is 9.97 Å². The van der Waals surface area contributed by atoms with Crippen molar-refractivity contribution in [1.82, 2.24) is 39.8 Å². The van der Waals surface area contributed by atoms with Crippen LogP contribution in [-0.4, -0.2) is 79.6 Å². The maximum atomic E-state index is 13.3. The van der Waals surface area contributed by atoms with Gasteiger partial charge >= 0.3 is 0 Å². The zero-order valence-electron chi connectivity index (χ0n) is 23.3. The zero-order chi connectivity index (χ0) is 27.4. The first-order valence-corrected chi connectivity index (χ1v) is 14.1. The van der Waals surface area contributed by atoms with E-state index in [1.165, 1.54) is 19.3 Å². The van der Waals surface area contributed by atoms with Gasteiger partial charge in [-0.05, 0) is 30.9 Å². The minimum absolute atomic E-state index is 0.121. The fourth-order valence-electron chi connectivity index (χ4n) is 5.92. The molecule has 2 amide bonds. The Balaban J connectivity index is 1.42. The molecule has 1 aliphatic heterocycles. The molecule has 1 saturated carbocycles. The number of hydrogen-bond acceptors (Lipinski definition) is 7. The van der Waals surface area contributed by atoms with Gasteiger partial charge in [-0.15, -0.1) is 0 Å². The number of fused-ring (bicyclic) bond motifs is 1. The third-order valence-corrected chi connectivity index (χ3v) is 8.16. The number of aromatic amines is 1. The van der Waals surface area contributed by atoms with Crippen LogP contribution >= 0.6 is 0 Å². The van der Waals surface area contributed by atoms with E-state index in [1.807, 2.05) is 11.0 Å². The number of H-pyrrole nitrogens is 1. The highest BCUT2D eigenvalue weighted by Crippen LogP contribution is 2.34. The highest BCUT2D eigenvalue weighted by atomic mass is 16.5. The number of methoxy groups -OCH3 is 1. The maximum Gasteiger partial charge on any atom is 0.270 e. The third-order valence-electron chi connectivity index (χ3n) is 8.16. The number of amides is 2. The summed E-state index contributed by atoms with van der Waals surface area (Å²) in [4.78, 5) is 42.4. The molecule has 3 aromatic rings. The molecule has 1 unspecified atom stereocenters. The van der Waals surface area contributed by atoms with E-state index < -0.39 is 0 Å². The summed E-state index contributed by atoms with van der Waals surface area (Å²) in [7, 11) is 3.39. The molecule has 1 atom stereocenters. The second-order valence-electron chi connectivity index (χ2n) is 10.8. The van der Waals surface area contributed by atoms with Gasteiger partial charge in [0.1, 0.15) is 11.5 Å². The van der Waals surface area contributed by atoms with E-state index in [4.69, 9.17) is 14.7 Å². The normalized spacial score (nSPS) is 18.5. The average molecular weight is 537 g/mol. The highest BCUT2D eigenvalue weighted by molar-refractivity contribution is 5.92. The predicted molar refractivity (Wildman–Crippen MR) is 147 cm³/mol. The average Bonchev–Trinajstić information content (AvgIpc) is 3.53. The van der Waals surface area contributed by atoms with Crippen LogP contribution in [0, 0.1) is 5.92 Å². The molecule has 2 fully saturated rings. The Morgan fingerprint density at radius 1 is 1.10 bits per heavy atom. The maximum absolute atomic E-state index is 13.3. The van der Waals surface area contributed by atoms with Gasteiger partial charge in [0.25, 0.3) is 5.91 Å². The number of piperazine rings is 1. The lowest BCUT2D eigenvalue weighted by atomic mass is 9.85. The van der Waals surface area contributed by atoms with Crippen LogP contribution in [-0.2, 0) is 18.4 Å². The standard InChI is InChI=1S/C28H40N8O3/c1-19(37)36-15-13-35(14-16-36)18-21-17-22-25(28(30-21)39-3)32-26(31-22)24(20-9-7-5-4-6-8-10-20)33-27(38)23-11-12-29-34(23)2/h11-12,17,20,24H,4-10,13-16,18H2,1-3H3,(H,31,32)(H,33,38). The van der Waals surface area contributed by atoms with E-state index >= 15 is 0 Å². The number of aryl methyl sites for hydroxylation is 1. The summed E-state index contributed by atoms with van der Waals surface area (Å²) in [5.41, 5.74) is 2.92. The predicted octanol–water partition coefficient (Wildman–Crippen LogP) is 3.20. The summed E-state index contributed by atoms with van der Waals surface area (Å²) in [6.45, 7) is 5.34. The lowest BCUT2D eigenvalue weighted by Crippen LogP contribution is -2.47. The summed E-state index contributed by atoms with van der Waals surface area (Å²) in [5.74, 6) is 1.45. The molecular formula is C28H40N8O3. The van der Waals surface area contributed by atoms with E-state index in [1.54, 1.807) is 38.0 Å². The van der Waals surface area contributed by atoms with Crippen molar-refractivity contribution in [3.05, 3.63) is 35.5 Å². The molecule has 0 aromatic carbocycles. The van der Waals surface area contributed by atoms with Crippen molar-refractivity contribution in [3.8, 4) is 5.88 Å². The van der Waals surface area contributed by atoms with Gasteiger partial charge in [-0.1, -0.05) is 32.1 Å². The summed E-state index contributed by atoms with van der Waals surface area (Å²) in [6.07, 6.45) is 9.74. The van der Waals surface area contributed by atoms with Gasteiger partial charge in [0, 0.05) is 52.9 Å². The number of pyridine rings is 1. The van der Waals surface area contributed by atoms with Crippen molar-refractivity contribution < 1.29 is 14.3 Å². The van der Waals surface area contributed by atoms with E-state index in [2.05, 4.69) is 20.3 Å². The molecule has 11 heteroatoms. The molecule has 0 spiro atoms. The van der Waals surface area contributed by atoms with Gasteiger partial charge in [0.2, 0.25) is 11.8 Å². The van der Waals surface area contributed by atoms with E-state index in [0.717, 1.165) is 68.9 Å². The van der Waals surface area contributed by atoms with Crippen LogP contribution in [0.3, 0.4) is 0 Å². The number of rotatable bonds is 7. The molecule has 210 valence electrons. The first kappa shape index (κ1) is 27.1. The van der Waals surface area contributed by atoms with E-state index in [-0.39, 0.29) is 23.8 Å². The Kier molecular flexibility index (Phi) is 8.44. The second kappa shape index (κ2) is 12.1. The van der Waals surface area contributed by atoms with Crippen molar-refractivity contribution in [1.29, 1.82) is 0 Å². The largest absolute Gasteiger partial charge is 0.479 e. The van der Waals surface area contributed by atoms with Gasteiger partial charge in [0.05, 0.1) is 24.4 Å². The second-order valence-corrected chi connectivity index (χ2v) is 10.8. The van der Waals surface area contributed by atoms with Gasteiger partial charge < -0.3 is 19.9 Å². The van der Waals surface area contributed by atoms with E-state index in [0.29, 0.717) is 23.6 Å². The summed E-state index contributed by atoms with van der Waals surface area (Å²) in [6, 6.07) is 3.51. The first-order chi connectivity index (χ1) is 18.9. The molecule has 0 bridgehead atoms. The number of hydrogen-bond donors (Lipinski definition) is 2. The Morgan fingerprint density at radius 2 is 1.82 bits per heavy atom. The molecule has 39 heavy (non-hydrogen) atoms. The minimum Gasteiger partial charge on any atom is -0.479 e. The lowest BCUT2D eigenvalue weighted by molar-refractivity contribution is -0.130. The lowest BCUT2D eigenvalue weighted by Gasteiger charge is -2.33. The Labute approximate surface area is 229 Å². The first-order valence-electron chi connectivity index (χ1n) is 14.1. The summed E-state index contributed by atoms with van der Waals surface area (Å²) >= 11 is 0. The van der Waals surface area contributed by atoms with Crippen LogP contribution in [0.15, 0.2) is 18.3 Å². The quantitative estimate of drug-likeness (QED) is 0.476. The molecule has 1 saturated heterocycles. The minimum atomic E-state index is -0.259. The number of imidazole rings is 1. The van der Waals surface area contributed by atoms with Crippen LogP contribution < -0.4 is 10.1 Å². The van der Waals surface area contributed by atoms with Gasteiger partial charge in [-0.3, -0.25) is 19.2 Å². The number of carbonyl (C=O) groups excluding carboxylic acids is 2. The van der Waals surface area contributed by atoms with Crippen LogP contribution in [0.4, 0.5) is 0 Å². The summed E-state index contributed by atoms with van der Waals surface area (Å²) in [5, 5.41) is 7.46. The van der Waals surface area contributed by atoms with Crippen LogP contribution in [0.5, 0.6) is 5.88 Å². The number of nitrogens with one attached hydrogen (secondary N) is 2. The number of carbonyl (C=O) groups is 2. The summed E-state index contributed by atoms with van der Waals surface area (Å²) < 4.78 is 7.27. The van der Waals surface area contributed by atoms with Crippen molar-refractivity contribution >= 4 is 22.8 Å². The fraction of sp³-hybridized carbons (Fsp3) is 0.607. The smallest absolute Gasteiger partial charge is 0.270 e. The fourth-order valence-corrected chi connectivity index (χ4v) is 5.92. The molecule has 4 heterocycles. The number of ether oxygens (including phenoxy) is 1. The van der Waals surface area contributed by atoms with Crippen LogP contribution in [0.1, 0.15) is 79.9 Å². The topological polar surface area (TPSA) is 121 Å². The molecule has 2 N–H and O–H groups in total. The van der Waals surface area contributed by atoms with Crippen molar-refractivity contribution in [3.63, 3.8) is 0 Å². The third kappa shape index (κ3) is 6.24. The Morgan fingerprint density at radius 3 is 2.46 bits per heavy atom. The van der Waals surface area contributed by atoms with Gasteiger partial charge in [0.15, 0.2) is 5.52 Å². The van der Waals surface area contributed by atoms with Crippen LogP contribution in [0.25, 0.3) is 11.0 Å².